The van der Waals surface area contributed by atoms with Crippen LogP contribution in [0.5, 0.6) is 5.75 Å². The molecule has 96 valence electrons. The van der Waals surface area contributed by atoms with Gasteiger partial charge in [-0.1, -0.05) is 19.9 Å². The molecule has 0 radical (unpaired) electrons. The first kappa shape index (κ1) is 14.0. The van der Waals surface area contributed by atoms with Crippen LogP contribution in [-0.2, 0) is 6.42 Å². The smallest absolute Gasteiger partial charge is 0.122 e. The second kappa shape index (κ2) is 6.06. The zero-order valence-corrected chi connectivity index (χ0v) is 11.6. The standard InChI is InChI=1S/C15H24O2/c1-10(2)13(9-16)8-14-12(4)6-11(3)7-15(14)17-5/h6-7,10,13,16H,8-9H2,1-5H3. The van der Waals surface area contributed by atoms with Gasteiger partial charge in [0.1, 0.15) is 5.75 Å². The number of benzene rings is 1. The first-order valence-electron chi connectivity index (χ1n) is 6.24. The number of hydrogen-bond acceptors (Lipinski definition) is 2. The van der Waals surface area contributed by atoms with Crippen LogP contribution in [0, 0.1) is 25.7 Å². The van der Waals surface area contributed by atoms with E-state index in [2.05, 4.69) is 39.8 Å². The van der Waals surface area contributed by atoms with Crippen molar-refractivity contribution in [2.75, 3.05) is 13.7 Å². The highest BCUT2D eigenvalue weighted by Crippen LogP contribution is 2.28. The molecular weight excluding hydrogens is 212 g/mol. The molecule has 1 N–H and O–H groups in total. The fourth-order valence-electron chi connectivity index (χ4n) is 2.18. The summed E-state index contributed by atoms with van der Waals surface area (Å²) in [5.41, 5.74) is 3.69. The molecule has 1 rings (SSSR count). The molecule has 0 heterocycles. The van der Waals surface area contributed by atoms with Crippen LogP contribution in [0.25, 0.3) is 0 Å². The molecule has 0 bridgehead atoms. The second-order valence-electron chi connectivity index (χ2n) is 5.15. The van der Waals surface area contributed by atoms with Gasteiger partial charge in [-0.15, -0.1) is 0 Å². The molecule has 0 fully saturated rings. The Morgan fingerprint density at radius 2 is 1.88 bits per heavy atom. The average molecular weight is 236 g/mol. The number of rotatable bonds is 5. The van der Waals surface area contributed by atoms with Gasteiger partial charge in [0.2, 0.25) is 0 Å². The second-order valence-corrected chi connectivity index (χ2v) is 5.15. The SMILES string of the molecule is COc1cc(C)cc(C)c1CC(CO)C(C)C. The van der Waals surface area contributed by atoms with Crippen molar-refractivity contribution in [3.8, 4) is 5.75 Å². The maximum absolute atomic E-state index is 9.43. The summed E-state index contributed by atoms with van der Waals surface area (Å²) in [5.74, 6) is 1.72. The van der Waals surface area contributed by atoms with Crippen LogP contribution in [0.1, 0.15) is 30.5 Å². The van der Waals surface area contributed by atoms with Crippen LogP contribution in [0.4, 0.5) is 0 Å². The number of aliphatic hydroxyl groups is 1. The molecule has 1 aromatic carbocycles. The summed E-state index contributed by atoms with van der Waals surface area (Å²) in [4.78, 5) is 0. The summed E-state index contributed by atoms with van der Waals surface area (Å²) in [6, 6.07) is 4.24. The minimum absolute atomic E-state index is 0.230. The number of aryl methyl sites for hydroxylation is 2. The molecule has 2 heteroatoms. The summed E-state index contributed by atoms with van der Waals surface area (Å²) in [6.07, 6.45) is 0.878. The molecule has 0 saturated heterocycles. The third-order valence-electron chi connectivity index (χ3n) is 3.44. The number of ether oxygens (including phenoxy) is 1. The Morgan fingerprint density at radius 1 is 1.24 bits per heavy atom. The minimum atomic E-state index is 0.230. The minimum Gasteiger partial charge on any atom is -0.496 e. The van der Waals surface area contributed by atoms with Crippen molar-refractivity contribution in [3.05, 3.63) is 28.8 Å². The fourth-order valence-corrected chi connectivity index (χ4v) is 2.18. The molecule has 0 aromatic heterocycles. The van der Waals surface area contributed by atoms with E-state index in [0.29, 0.717) is 11.8 Å². The fraction of sp³-hybridized carbons (Fsp3) is 0.600. The summed E-state index contributed by atoms with van der Waals surface area (Å²) >= 11 is 0. The Morgan fingerprint density at radius 3 is 2.35 bits per heavy atom. The predicted octanol–water partition coefficient (Wildman–Crippen LogP) is 3.12. The van der Waals surface area contributed by atoms with E-state index < -0.39 is 0 Å². The van der Waals surface area contributed by atoms with Crippen molar-refractivity contribution >= 4 is 0 Å². The lowest BCUT2D eigenvalue weighted by atomic mass is 9.87. The van der Waals surface area contributed by atoms with Gasteiger partial charge in [0.05, 0.1) is 7.11 Å². The van der Waals surface area contributed by atoms with Gasteiger partial charge >= 0.3 is 0 Å². The van der Waals surface area contributed by atoms with E-state index in [-0.39, 0.29) is 6.61 Å². The van der Waals surface area contributed by atoms with Crippen LogP contribution in [0.2, 0.25) is 0 Å². The molecule has 0 aliphatic rings. The molecule has 0 saturated carbocycles. The van der Waals surface area contributed by atoms with E-state index in [0.717, 1.165) is 12.2 Å². The van der Waals surface area contributed by atoms with E-state index in [1.807, 2.05) is 0 Å². The third kappa shape index (κ3) is 3.47. The first-order chi connectivity index (χ1) is 7.99. The normalized spacial score (nSPS) is 12.9. The van der Waals surface area contributed by atoms with Crippen LogP contribution < -0.4 is 4.74 Å². The van der Waals surface area contributed by atoms with Crippen molar-refractivity contribution in [2.45, 2.75) is 34.1 Å². The van der Waals surface area contributed by atoms with Gasteiger partial charge in [0.15, 0.2) is 0 Å². The average Bonchev–Trinajstić information content (AvgIpc) is 2.26. The Kier molecular flexibility index (Phi) is 5.01. The van der Waals surface area contributed by atoms with Gasteiger partial charge in [0, 0.05) is 6.61 Å². The van der Waals surface area contributed by atoms with Crippen LogP contribution >= 0.6 is 0 Å². The van der Waals surface area contributed by atoms with Gasteiger partial charge in [-0.3, -0.25) is 0 Å². The third-order valence-corrected chi connectivity index (χ3v) is 3.44. The summed E-state index contributed by atoms with van der Waals surface area (Å²) in [5, 5.41) is 9.43. The zero-order valence-electron chi connectivity index (χ0n) is 11.6. The topological polar surface area (TPSA) is 29.5 Å². The molecular formula is C15H24O2. The molecule has 1 atom stereocenters. The monoisotopic (exact) mass is 236 g/mol. The Hall–Kier alpha value is -1.02. The summed E-state index contributed by atoms with van der Waals surface area (Å²) in [6.45, 7) is 8.72. The number of aliphatic hydroxyl groups excluding tert-OH is 1. The van der Waals surface area contributed by atoms with Crippen LogP contribution in [-0.4, -0.2) is 18.8 Å². The van der Waals surface area contributed by atoms with E-state index in [4.69, 9.17) is 4.74 Å². The van der Waals surface area contributed by atoms with Crippen LogP contribution in [0.15, 0.2) is 12.1 Å². The van der Waals surface area contributed by atoms with E-state index in [1.54, 1.807) is 7.11 Å². The van der Waals surface area contributed by atoms with Gasteiger partial charge in [-0.05, 0) is 54.9 Å². The lowest BCUT2D eigenvalue weighted by molar-refractivity contribution is 0.188. The maximum atomic E-state index is 9.43. The highest BCUT2D eigenvalue weighted by molar-refractivity contribution is 5.43. The largest absolute Gasteiger partial charge is 0.496 e. The Labute approximate surface area is 105 Å². The van der Waals surface area contributed by atoms with Gasteiger partial charge in [-0.25, -0.2) is 0 Å². The summed E-state index contributed by atoms with van der Waals surface area (Å²) in [7, 11) is 1.71. The van der Waals surface area contributed by atoms with Gasteiger partial charge in [0.25, 0.3) is 0 Å². The van der Waals surface area contributed by atoms with Gasteiger partial charge in [-0.2, -0.15) is 0 Å². The molecule has 0 amide bonds. The molecule has 0 aliphatic heterocycles. The van der Waals surface area contributed by atoms with Crippen molar-refractivity contribution in [1.29, 1.82) is 0 Å². The predicted molar refractivity (Wildman–Crippen MR) is 71.6 cm³/mol. The molecule has 2 nitrogen and oxygen atoms in total. The maximum Gasteiger partial charge on any atom is 0.122 e. The van der Waals surface area contributed by atoms with Gasteiger partial charge < -0.3 is 9.84 Å². The molecule has 0 spiro atoms. The lowest BCUT2D eigenvalue weighted by Gasteiger charge is -2.21. The van der Waals surface area contributed by atoms with Crippen molar-refractivity contribution in [3.63, 3.8) is 0 Å². The number of methoxy groups -OCH3 is 1. The molecule has 1 unspecified atom stereocenters. The zero-order chi connectivity index (χ0) is 13.0. The van der Waals surface area contributed by atoms with E-state index in [9.17, 15) is 5.11 Å². The first-order valence-corrected chi connectivity index (χ1v) is 6.24. The summed E-state index contributed by atoms with van der Waals surface area (Å²) < 4.78 is 5.45. The highest BCUT2D eigenvalue weighted by Gasteiger charge is 2.17. The van der Waals surface area contributed by atoms with E-state index in [1.165, 1.54) is 16.7 Å². The molecule has 1 aromatic rings. The van der Waals surface area contributed by atoms with Crippen molar-refractivity contribution in [1.82, 2.24) is 0 Å². The molecule has 17 heavy (non-hydrogen) atoms. The number of hydrogen-bond donors (Lipinski definition) is 1. The highest BCUT2D eigenvalue weighted by atomic mass is 16.5. The van der Waals surface area contributed by atoms with Crippen LogP contribution in [0.3, 0.4) is 0 Å². The Balaban J connectivity index is 3.04. The van der Waals surface area contributed by atoms with E-state index >= 15 is 0 Å². The molecule has 0 aliphatic carbocycles. The lowest BCUT2D eigenvalue weighted by Crippen LogP contribution is -2.17. The van der Waals surface area contributed by atoms with Crippen molar-refractivity contribution < 1.29 is 9.84 Å². The quantitative estimate of drug-likeness (QED) is 0.851. The Bertz CT molecular complexity index is 369. The van der Waals surface area contributed by atoms with Crippen molar-refractivity contribution in [2.24, 2.45) is 11.8 Å².